The average Bonchev–Trinajstić information content (AvgIpc) is 2.79. The summed E-state index contributed by atoms with van der Waals surface area (Å²) in [5.74, 6) is 0.0937. The van der Waals surface area contributed by atoms with Crippen LogP contribution < -0.4 is 10.1 Å². The fraction of sp³-hybridized carbons (Fsp3) is 0.438. The van der Waals surface area contributed by atoms with Crippen molar-refractivity contribution in [1.82, 2.24) is 10.3 Å². The molecule has 0 bridgehead atoms. The van der Waals surface area contributed by atoms with Gasteiger partial charge in [-0.15, -0.1) is 12.4 Å². The quantitative estimate of drug-likeness (QED) is 0.496. The van der Waals surface area contributed by atoms with Gasteiger partial charge in [0.05, 0.1) is 12.6 Å². The van der Waals surface area contributed by atoms with Gasteiger partial charge in [-0.25, -0.2) is 4.79 Å². The number of aliphatic hydroxyl groups is 1. The Morgan fingerprint density at radius 2 is 1.88 bits per heavy atom. The summed E-state index contributed by atoms with van der Waals surface area (Å²) in [7, 11) is 1.20. The second-order valence-corrected chi connectivity index (χ2v) is 6.56. The van der Waals surface area contributed by atoms with Crippen molar-refractivity contribution < 1.29 is 24.5 Å². The zero-order chi connectivity index (χ0) is 17.4. The Bertz CT molecular complexity index is 734. The van der Waals surface area contributed by atoms with Gasteiger partial charge >= 0.3 is 6.16 Å². The van der Waals surface area contributed by atoms with Gasteiger partial charge in [-0.3, -0.25) is 5.32 Å². The largest absolute Gasteiger partial charge is 0.514 e. The predicted molar refractivity (Wildman–Crippen MR) is 92.7 cm³/mol. The Morgan fingerprint density at radius 3 is 2.42 bits per heavy atom. The van der Waals surface area contributed by atoms with Gasteiger partial charge in [0.25, 0.3) is 0 Å². The maximum atomic E-state index is 11.2. The number of ether oxygens (including phenoxy) is 2. The van der Waals surface area contributed by atoms with Crippen LogP contribution in [0.3, 0.4) is 0 Å². The molecule has 4 N–H and O–H groups in total. The standard InChI is InChI=1S/C16H22N2O5.ClH/c1-15(2,3)18-16(4,21)10-6-7-11(19)13-9(10)8-12(17-13)23-14(20)22-5;/h6-8,17-19,21H,1-5H3;1H. The highest BCUT2D eigenvalue weighted by atomic mass is 35.5. The highest BCUT2D eigenvalue weighted by Crippen LogP contribution is 2.35. The summed E-state index contributed by atoms with van der Waals surface area (Å²) in [6.45, 7) is 7.42. The van der Waals surface area contributed by atoms with Gasteiger partial charge in [0.15, 0.2) is 0 Å². The van der Waals surface area contributed by atoms with Gasteiger partial charge < -0.3 is 24.7 Å². The van der Waals surface area contributed by atoms with E-state index in [0.717, 1.165) is 0 Å². The third kappa shape index (κ3) is 4.31. The van der Waals surface area contributed by atoms with Crippen LogP contribution in [0.25, 0.3) is 10.9 Å². The van der Waals surface area contributed by atoms with Gasteiger partial charge in [0.2, 0.25) is 5.88 Å². The molecule has 1 aromatic heterocycles. The molecule has 1 heterocycles. The minimum atomic E-state index is -1.35. The minimum Gasteiger partial charge on any atom is -0.506 e. The highest BCUT2D eigenvalue weighted by molar-refractivity contribution is 5.90. The van der Waals surface area contributed by atoms with Crippen molar-refractivity contribution in [2.75, 3.05) is 7.11 Å². The number of phenolic OH excluding ortho intramolecular Hbond substituents is 1. The Hall–Kier alpha value is -1.96. The van der Waals surface area contributed by atoms with Crippen LogP contribution in [0.4, 0.5) is 4.79 Å². The molecule has 0 aliphatic carbocycles. The van der Waals surface area contributed by atoms with Crippen LogP contribution in [0.2, 0.25) is 0 Å². The fourth-order valence-electron chi connectivity index (χ4n) is 2.59. The van der Waals surface area contributed by atoms with Crippen molar-refractivity contribution in [3.8, 4) is 11.6 Å². The lowest BCUT2D eigenvalue weighted by Crippen LogP contribution is -2.50. The first-order valence-electron chi connectivity index (χ1n) is 7.16. The molecule has 2 aromatic rings. The summed E-state index contributed by atoms with van der Waals surface area (Å²) in [5, 5.41) is 24.4. The molecule has 0 spiro atoms. The molecule has 0 radical (unpaired) electrons. The number of phenols is 1. The van der Waals surface area contributed by atoms with E-state index in [-0.39, 0.29) is 29.6 Å². The molecule has 0 aliphatic rings. The maximum absolute atomic E-state index is 11.2. The summed E-state index contributed by atoms with van der Waals surface area (Å²) in [6, 6.07) is 4.61. The number of aromatic nitrogens is 1. The predicted octanol–water partition coefficient (Wildman–Crippen LogP) is 2.99. The van der Waals surface area contributed by atoms with E-state index in [9.17, 15) is 15.0 Å². The van der Waals surface area contributed by atoms with Crippen LogP contribution in [0.1, 0.15) is 33.3 Å². The third-order valence-corrected chi connectivity index (χ3v) is 3.25. The smallest absolute Gasteiger partial charge is 0.506 e. The highest BCUT2D eigenvalue weighted by Gasteiger charge is 2.31. The number of benzene rings is 1. The Morgan fingerprint density at radius 1 is 1.25 bits per heavy atom. The van der Waals surface area contributed by atoms with Gasteiger partial charge in [-0.1, -0.05) is 6.07 Å². The van der Waals surface area contributed by atoms with Crippen LogP contribution in [-0.4, -0.2) is 34.0 Å². The van der Waals surface area contributed by atoms with Crippen LogP contribution >= 0.6 is 12.4 Å². The van der Waals surface area contributed by atoms with Gasteiger partial charge in [0.1, 0.15) is 11.5 Å². The van der Waals surface area contributed by atoms with Crippen molar-refractivity contribution >= 4 is 29.5 Å². The summed E-state index contributed by atoms with van der Waals surface area (Å²) < 4.78 is 9.38. The molecule has 0 saturated carbocycles. The molecule has 0 amide bonds. The zero-order valence-corrected chi connectivity index (χ0v) is 15.1. The molecule has 2 rings (SSSR count). The number of rotatable bonds is 3. The maximum Gasteiger partial charge on any atom is 0.514 e. The Balaban J connectivity index is 0.00000288. The molecule has 24 heavy (non-hydrogen) atoms. The lowest BCUT2D eigenvalue weighted by atomic mass is 9.96. The van der Waals surface area contributed by atoms with Gasteiger partial charge in [0, 0.05) is 22.6 Å². The topological polar surface area (TPSA) is 104 Å². The van der Waals surface area contributed by atoms with Crippen molar-refractivity contribution in [2.24, 2.45) is 0 Å². The van der Waals surface area contributed by atoms with Gasteiger partial charge in [-0.05, 0) is 33.8 Å². The van der Waals surface area contributed by atoms with E-state index in [0.29, 0.717) is 16.5 Å². The van der Waals surface area contributed by atoms with Crippen LogP contribution in [-0.2, 0) is 10.5 Å². The fourth-order valence-corrected chi connectivity index (χ4v) is 2.59. The lowest BCUT2D eigenvalue weighted by molar-refractivity contribution is -0.00281. The number of hydrogen-bond acceptors (Lipinski definition) is 6. The molecule has 8 heteroatoms. The number of hydrogen-bond donors (Lipinski definition) is 4. The molecule has 0 fully saturated rings. The summed E-state index contributed by atoms with van der Waals surface area (Å²) in [6.07, 6.45) is -0.878. The van der Waals surface area contributed by atoms with Crippen molar-refractivity contribution in [3.63, 3.8) is 0 Å². The third-order valence-electron chi connectivity index (χ3n) is 3.25. The number of methoxy groups -OCH3 is 1. The molecule has 7 nitrogen and oxygen atoms in total. The van der Waals surface area contributed by atoms with E-state index in [1.165, 1.54) is 19.2 Å². The summed E-state index contributed by atoms with van der Waals surface area (Å²) in [5.41, 5.74) is -0.793. The summed E-state index contributed by atoms with van der Waals surface area (Å²) in [4.78, 5) is 14.0. The van der Waals surface area contributed by atoms with E-state index in [4.69, 9.17) is 4.74 Å². The monoisotopic (exact) mass is 358 g/mol. The first-order valence-corrected chi connectivity index (χ1v) is 7.16. The van der Waals surface area contributed by atoms with Crippen LogP contribution in [0, 0.1) is 0 Å². The van der Waals surface area contributed by atoms with E-state index >= 15 is 0 Å². The first kappa shape index (κ1) is 20.1. The second kappa shape index (κ2) is 6.88. The van der Waals surface area contributed by atoms with E-state index in [1.54, 1.807) is 13.0 Å². The normalized spacial score (nSPS) is 13.9. The Labute approximate surface area is 146 Å². The van der Waals surface area contributed by atoms with Gasteiger partial charge in [-0.2, -0.15) is 0 Å². The van der Waals surface area contributed by atoms with Crippen molar-refractivity contribution in [2.45, 2.75) is 39.0 Å². The molecule has 1 unspecified atom stereocenters. The lowest BCUT2D eigenvalue weighted by Gasteiger charge is -2.34. The number of nitrogens with one attached hydrogen (secondary N) is 2. The number of carbonyl (C=O) groups is 1. The van der Waals surface area contributed by atoms with Crippen molar-refractivity contribution in [3.05, 3.63) is 23.8 Å². The Kier molecular flexibility index (Phi) is 5.76. The van der Waals surface area contributed by atoms with E-state index in [2.05, 4.69) is 15.0 Å². The van der Waals surface area contributed by atoms with E-state index < -0.39 is 11.9 Å². The molecule has 1 atom stereocenters. The first-order chi connectivity index (χ1) is 10.5. The number of aromatic hydroxyl groups is 1. The minimum absolute atomic E-state index is 0. The summed E-state index contributed by atoms with van der Waals surface area (Å²) >= 11 is 0. The van der Waals surface area contributed by atoms with Crippen LogP contribution in [0.5, 0.6) is 11.6 Å². The van der Waals surface area contributed by atoms with Crippen molar-refractivity contribution in [1.29, 1.82) is 0 Å². The molecular formula is C16H23ClN2O5. The molecule has 134 valence electrons. The number of aromatic amines is 1. The molecule has 1 aromatic carbocycles. The molecule has 0 saturated heterocycles. The number of fused-ring (bicyclic) bond motifs is 1. The number of halogens is 1. The second-order valence-electron chi connectivity index (χ2n) is 6.56. The number of H-pyrrole nitrogens is 1. The SMILES string of the molecule is COC(=O)Oc1cc2c(C(C)(O)NC(C)(C)C)ccc(O)c2[nH]1.Cl. The molecular weight excluding hydrogens is 336 g/mol. The average molecular weight is 359 g/mol. The zero-order valence-electron chi connectivity index (χ0n) is 14.3. The van der Waals surface area contributed by atoms with Crippen LogP contribution in [0.15, 0.2) is 18.2 Å². The van der Waals surface area contributed by atoms with E-state index in [1.807, 2.05) is 20.8 Å². The number of carbonyl (C=O) groups excluding carboxylic acids is 1. The molecule has 0 aliphatic heterocycles.